The van der Waals surface area contributed by atoms with Gasteiger partial charge in [0.25, 0.3) is 0 Å². The molecule has 4 aromatic rings. The number of hydrogen-bond donors (Lipinski definition) is 3. The van der Waals surface area contributed by atoms with Gasteiger partial charge in [0.1, 0.15) is 28.5 Å². The summed E-state index contributed by atoms with van der Waals surface area (Å²) in [6.07, 6.45) is 0.688. The summed E-state index contributed by atoms with van der Waals surface area (Å²) in [5, 5.41) is 26.2. The lowest BCUT2D eigenvalue weighted by Crippen LogP contribution is -2.24. The number of fused-ring (bicyclic) bond motifs is 1. The molecule has 28 heavy (non-hydrogen) atoms. The zero-order valence-corrected chi connectivity index (χ0v) is 15.8. The van der Waals surface area contributed by atoms with Gasteiger partial charge in [-0.1, -0.05) is 24.3 Å². The average molecular weight is 395 g/mol. The van der Waals surface area contributed by atoms with Gasteiger partial charge in [0.15, 0.2) is 0 Å². The van der Waals surface area contributed by atoms with Gasteiger partial charge < -0.3 is 15.5 Å². The number of hydrogen-bond acceptors (Lipinski definition) is 6. The SMILES string of the molecule is C[C@H](Nc1ncnc2scc(-c3ccc(F)cc3)c12)[C@H](O)c1ccc(O)cc1. The molecule has 0 aliphatic carbocycles. The number of phenolic OH excluding ortho intramolecular Hbond substituents is 1. The lowest BCUT2D eigenvalue weighted by Gasteiger charge is -2.21. The fraction of sp³-hybridized carbons (Fsp3) is 0.143. The van der Waals surface area contributed by atoms with Crippen molar-refractivity contribution >= 4 is 27.4 Å². The number of rotatable bonds is 5. The lowest BCUT2D eigenvalue weighted by molar-refractivity contribution is 0.160. The van der Waals surface area contributed by atoms with E-state index < -0.39 is 6.10 Å². The smallest absolute Gasteiger partial charge is 0.139 e. The van der Waals surface area contributed by atoms with Crippen molar-refractivity contribution in [3.8, 4) is 16.9 Å². The Kier molecular flexibility index (Phi) is 4.93. The van der Waals surface area contributed by atoms with Crippen LogP contribution in [0.1, 0.15) is 18.6 Å². The number of anilines is 1. The van der Waals surface area contributed by atoms with Crippen molar-refractivity contribution in [2.45, 2.75) is 19.1 Å². The van der Waals surface area contributed by atoms with E-state index >= 15 is 0 Å². The molecule has 5 nitrogen and oxygen atoms in total. The molecule has 0 bridgehead atoms. The normalized spacial score (nSPS) is 13.4. The first-order chi connectivity index (χ1) is 13.5. The predicted molar refractivity (Wildman–Crippen MR) is 109 cm³/mol. The van der Waals surface area contributed by atoms with Crippen molar-refractivity contribution in [2.75, 3.05) is 5.32 Å². The van der Waals surface area contributed by atoms with Gasteiger partial charge in [-0.05, 0) is 42.3 Å². The molecule has 4 rings (SSSR count). The van der Waals surface area contributed by atoms with Crippen LogP contribution in [0.2, 0.25) is 0 Å². The summed E-state index contributed by atoms with van der Waals surface area (Å²) in [5.74, 6) is 0.468. The summed E-state index contributed by atoms with van der Waals surface area (Å²) in [5.41, 5.74) is 2.47. The number of nitrogens with one attached hydrogen (secondary N) is 1. The van der Waals surface area contributed by atoms with E-state index in [0.717, 1.165) is 21.3 Å². The van der Waals surface area contributed by atoms with Gasteiger partial charge in [0, 0.05) is 10.9 Å². The molecule has 142 valence electrons. The molecule has 0 fully saturated rings. The molecular formula is C21H18FN3O2S. The van der Waals surface area contributed by atoms with Gasteiger partial charge >= 0.3 is 0 Å². The van der Waals surface area contributed by atoms with Crippen molar-refractivity contribution in [3.05, 3.63) is 71.6 Å². The molecule has 0 saturated carbocycles. The molecule has 0 spiro atoms. The van der Waals surface area contributed by atoms with Crippen molar-refractivity contribution in [3.63, 3.8) is 0 Å². The molecule has 7 heteroatoms. The van der Waals surface area contributed by atoms with Crippen LogP contribution >= 0.6 is 11.3 Å². The van der Waals surface area contributed by atoms with E-state index in [1.807, 2.05) is 12.3 Å². The van der Waals surface area contributed by atoms with Crippen LogP contribution in [0.5, 0.6) is 5.75 Å². The molecular weight excluding hydrogens is 377 g/mol. The van der Waals surface area contributed by atoms with Gasteiger partial charge in [-0.15, -0.1) is 11.3 Å². The van der Waals surface area contributed by atoms with Crippen LogP contribution < -0.4 is 5.32 Å². The molecule has 2 atom stereocenters. The van der Waals surface area contributed by atoms with Crippen LogP contribution in [-0.2, 0) is 0 Å². The monoisotopic (exact) mass is 395 g/mol. The van der Waals surface area contributed by atoms with Gasteiger partial charge in [-0.25, -0.2) is 14.4 Å². The highest BCUT2D eigenvalue weighted by molar-refractivity contribution is 7.17. The third-order valence-corrected chi connectivity index (χ3v) is 5.48. The number of aromatic hydroxyl groups is 1. The Balaban J connectivity index is 1.67. The van der Waals surface area contributed by atoms with Crippen molar-refractivity contribution in [2.24, 2.45) is 0 Å². The molecule has 0 unspecified atom stereocenters. The van der Waals surface area contributed by atoms with Crippen LogP contribution in [0, 0.1) is 5.82 Å². The quantitative estimate of drug-likeness (QED) is 0.455. The highest BCUT2D eigenvalue weighted by Crippen LogP contribution is 2.37. The summed E-state index contributed by atoms with van der Waals surface area (Å²) in [6, 6.07) is 12.4. The van der Waals surface area contributed by atoms with Crippen LogP contribution in [-0.4, -0.2) is 26.2 Å². The van der Waals surface area contributed by atoms with Crippen molar-refractivity contribution in [1.29, 1.82) is 0 Å². The minimum absolute atomic E-state index is 0.149. The van der Waals surface area contributed by atoms with Gasteiger partial charge in [0.2, 0.25) is 0 Å². The molecule has 2 aromatic heterocycles. The number of nitrogens with zero attached hydrogens (tertiary/aromatic N) is 2. The largest absolute Gasteiger partial charge is 0.508 e. The van der Waals surface area contributed by atoms with E-state index in [1.54, 1.807) is 36.4 Å². The Morgan fingerprint density at radius 3 is 2.46 bits per heavy atom. The summed E-state index contributed by atoms with van der Waals surface area (Å²) >= 11 is 1.49. The second kappa shape index (κ2) is 7.53. The number of phenols is 1. The highest BCUT2D eigenvalue weighted by Gasteiger charge is 2.20. The third kappa shape index (κ3) is 3.54. The first kappa shape index (κ1) is 18.3. The van der Waals surface area contributed by atoms with E-state index in [1.165, 1.54) is 29.8 Å². The summed E-state index contributed by atoms with van der Waals surface area (Å²) in [6.45, 7) is 1.86. The Labute approximate surface area is 165 Å². The molecule has 0 radical (unpaired) electrons. The minimum atomic E-state index is -0.793. The number of aromatic nitrogens is 2. The fourth-order valence-electron chi connectivity index (χ4n) is 3.08. The molecule has 3 N–H and O–H groups in total. The summed E-state index contributed by atoms with van der Waals surface area (Å²) in [4.78, 5) is 9.51. The molecule has 0 aliphatic heterocycles. The number of benzene rings is 2. The minimum Gasteiger partial charge on any atom is -0.508 e. The zero-order chi connectivity index (χ0) is 19.7. The molecule has 2 aromatic carbocycles. The maximum atomic E-state index is 13.3. The maximum absolute atomic E-state index is 13.3. The Hall–Kier alpha value is -3.03. The highest BCUT2D eigenvalue weighted by atomic mass is 32.1. The van der Waals surface area contributed by atoms with Crippen LogP contribution in [0.3, 0.4) is 0 Å². The van der Waals surface area contributed by atoms with Gasteiger partial charge in [-0.2, -0.15) is 0 Å². The second-order valence-corrected chi connectivity index (χ2v) is 7.39. The van der Waals surface area contributed by atoms with Crippen LogP contribution in [0.4, 0.5) is 10.2 Å². The van der Waals surface area contributed by atoms with Crippen LogP contribution in [0.15, 0.2) is 60.2 Å². The van der Waals surface area contributed by atoms with E-state index in [0.29, 0.717) is 11.4 Å². The summed E-state index contributed by atoms with van der Waals surface area (Å²) < 4.78 is 13.3. The maximum Gasteiger partial charge on any atom is 0.139 e. The van der Waals surface area contributed by atoms with E-state index in [4.69, 9.17) is 0 Å². The first-order valence-electron chi connectivity index (χ1n) is 8.74. The second-order valence-electron chi connectivity index (χ2n) is 6.53. The number of thiophene rings is 1. The Morgan fingerprint density at radius 1 is 1.04 bits per heavy atom. The van der Waals surface area contributed by atoms with E-state index in [2.05, 4.69) is 15.3 Å². The summed E-state index contributed by atoms with van der Waals surface area (Å²) in [7, 11) is 0. The number of aliphatic hydroxyl groups excluding tert-OH is 1. The number of aliphatic hydroxyl groups is 1. The predicted octanol–water partition coefficient (Wildman–Crippen LogP) is 4.74. The van der Waals surface area contributed by atoms with Crippen molar-refractivity contribution in [1.82, 2.24) is 9.97 Å². The lowest BCUT2D eigenvalue weighted by atomic mass is 10.0. The number of halogens is 1. The Morgan fingerprint density at radius 2 is 1.75 bits per heavy atom. The van der Waals surface area contributed by atoms with E-state index in [9.17, 15) is 14.6 Å². The fourth-order valence-corrected chi connectivity index (χ4v) is 4.00. The Bertz CT molecular complexity index is 1100. The van der Waals surface area contributed by atoms with E-state index in [-0.39, 0.29) is 17.6 Å². The zero-order valence-electron chi connectivity index (χ0n) is 15.0. The molecule has 0 amide bonds. The first-order valence-corrected chi connectivity index (χ1v) is 9.62. The topological polar surface area (TPSA) is 78.3 Å². The van der Waals surface area contributed by atoms with Gasteiger partial charge in [-0.3, -0.25) is 0 Å². The average Bonchev–Trinajstić information content (AvgIpc) is 3.14. The standard InChI is InChI=1S/C21H18FN3O2S/c1-12(19(27)14-4-8-16(26)9-5-14)25-20-18-17(10-28-21(18)24-11-23-20)13-2-6-15(22)7-3-13/h2-12,19,26-27H,1H3,(H,23,24,25)/t12-,19-/m0/s1. The molecule has 0 saturated heterocycles. The molecule has 0 aliphatic rings. The molecule has 2 heterocycles. The third-order valence-electron chi connectivity index (χ3n) is 4.60. The van der Waals surface area contributed by atoms with Gasteiger partial charge in [0.05, 0.1) is 17.5 Å². The van der Waals surface area contributed by atoms with Crippen LogP contribution in [0.25, 0.3) is 21.3 Å². The van der Waals surface area contributed by atoms with Crippen molar-refractivity contribution < 1.29 is 14.6 Å².